The van der Waals surface area contributed by atoms with Crippen molar-refractivity contribution >= 4 is 45.9 Å². The van der Waals surface area contributed by atoms with Gasteiger partial charge in [0.05, 0.1) is 4.90 Å². The smallest absolute Gasteiger partial charge is 0.212 e. The first-order valence-corrected chi connectivity index (χ1v) is 10.5. The largest absolute Gasteiger partial charge is 0.366 e. The molecule has 2 heterocycles. The van der Waals surface area contributed by atoms with Crippen molar-refractivity contribution in [2.45, 2.75) is 30.7 Å². The normalized spacial score (nSPS) is 15.0. The Kier molecular flexibility index (Phi) is 5.20. The molecule has 1 N–H and O–H groups in total. The Hall–Kier alpha value is -1.90. The second-order valence-corrected chi connectivity index (χ2v) is 9.26. The molecule has 1 aromatic heterocycles. The van der Waals surface area contributed by atoms with Crippen LogP contribution in [-0.2, 0) is 12.0 Å². The molecule has 28 heavy (non-hydrogen) atoms. The number of anilines is 2. The average Bonchev–Trinajstić information content (AvgIpc) is 3.23. The summed E-state index contributed by atoms with van der Waals surface area (Å²) in [5, 5.41) is 1.07. The molecule has 0 radical (unpaired) electrons. The number of fused-ring (bicyclic) bond motifs is 1. The van der Waals surface area contributed by atoms with Gasteiger partial charge in [0.2, 0.25) is 5.13 Å². The van der Waals surface area contributed by atoms with E-state index in [1.165, 1.54) is 30.0 Å². The van der Waals surface area contributed by atoms with E-state index < -0.39 is 0 Å². The van der Waals surface area contributed by atoms with Crippen LogP contribution in [0.5, 0.6) is 0 Å². The van der Waals surface area contributed by atoms with Crippen LogP contribution in [0.3, 0.4) is 0 Å². The Labute approximate surface area is 175 Å². The lowest BCUT2D eigenvalue weighted by Crippen LogP contribution is -2.28. The van der Waals surface area contributed by atoms with Gasteiger partial charge in [0.25, 0.3) is 0 Å². The molecule has 146 valence electrons. The summed E-state index contributed by atoms with van der Waals surface area (Å²) in [5.41, 5.74) is 2.41. The highest BCUT2D eigenvalue weighted by Gasteiger charge is 2.35. The van der Waals surface area contributed by atoms with Crippen LogP contribution in [0.2, 0.25) is 5.02 Å². The van der Waals surface area contributed by atoms with E-state index in [2.05, 4.69) is 32.8 Å². The Balaban J connectivity index is 1.55. The molecule has 9 heteroatoms. The Morgan fingerprint density at radius 1 is 1.29 bits per heavy atom. The molecule has 0 amide bonds. The number of nitrogens with one attached hydrogen (secondary N) is 1. The highest BCUT2D eigenvalue weighted by atomic mass is 35.5. The molecule has 0 bridgehead atoms. The van der Waals surface area contributed by atoms with Gasteiger partial charge in [-0.05, 0) is 53.4 Å². The van der Waals surface area contributed by atoms with Gasteiger partial charge >= 0.3 is 0 Å². The Morgan fingerprint density at radius 3 is 2.86 bits per heavy atom. The standard InChI is InChI=1S/C19H17ClF2N4S2/c1-19(2)9-26(16-4-3-12(21)6-13(16)19)8-11-5-15(22)17(7-14(11)20)27-25-18-23-10-24-28-18/h3-7,10H,8-9H2,1-2H3,(H,23,24,25). The lowest BCUT2D eigenvalue weighted by molar-refractivity contribution is 0.543. The number of benzene rings is 2. The highest BCUT2D eigenvalue weighted by Crippen LogP contribution is 2.42. The number of nitrogens with zero attached hydrogens (tertiary/aromatic N) is 3. The monoisotopic (exact) mass is 438 g/mol. The van der Waals surface area contributed by atoms with E-state index in [-0.39, 0.29) is 17.0 Å². The molecule has 0 fully saturated rings. The van der Waals surface area contributed by atoms with E-state index in [9.17, 15) is 8.78 Å². The molecule has 0 aliphatic carbocycles. The molecular formula is C19H17ClF2N4S2. The molecule has 0 atom stereocenters. The fourth-order valence-electron chi connectivity index (χ4n) is 3.41. The van der Waals surface area contributed by atoms with E-state index in [1.54, 1.807) is 18.2 Å². The van der Waals surface area contributed by atoms with E-state index in [0.717, 1.165) is 23.2 Å². The highest BCUT2D eigenvalue weighted by molar-refractivity contribution is 8.00. The van der Waals surface area contributed by atoms with Gasteiger partial charge in [0.15, 0.2) is 0 Å². The first-order valence-electron chi connectivity index (χ1n) is 8.56. The van der Waals surface area contributed by atoms with Crippen LogP contribution in [-0.4, -0.2) is 15.9 Å². The van der Waals surface area contributed by atoms with E-state index in [4.69, 9.17) is 11.6 Å². The van der Waals surface area contributed by atoms with Crippen molar-refractivity contribution in [3.63, 3.8) is 0 Å². The minimum atomic E-state index is -0.362. The third-order valence-electron chi connectivity index (χ3n) is 4.69. The molecule has 3 aromatic rings. The molecule has 1 aliphatic heterocycles. The summed E-state index contributed by atoms with van der Waals surface area (Å²) in [5.74, 6) is -0.610. The molecule has 2 aromatic carbocycles. The number of halogens is 3. The summed E-state index contributed by atoms with van der Waals surface area (Å²) >= 11 is 8.74. The van der Waals surface area contributed by atoms with Gasteiger partial charge in [-0.25, -0.2) is 13.8 Å². The quantitative estimate of drug-likeness (QED) is 0.503. The van der Waals surface area contributed by atoms with Crippen LogP contribution in [0, 0.1) is 11.6 Å². The van der Waals surface area contributed by atoms with Crippen molar-refractivity contribution in [1.29, 1.82) is 0 Å². The molecule has 0 unspecified atom stereocenters. The lowest BCUT2D eigenvalue weighted by atomic mass is 9.87. The van der Waals surface area contributed by atoms with Crippen molar-refractivity contribution in [1.82, 2.24) is 9.36 Å². The minimum Gasteiger partial charge on any atom is -0.366 e. The van der Waals surface area contributed by atoms with Crippen molar-refractivity contribution in [3.8, 4) is 0 Å². The first kappa shape index (κ1) is 19.4. The van der Waals surface area contributed by atoms with Gasteiger partial charge in [-0.3, -0.25) is 0 Å². The van der Waals surface area contributed by atoms with Gasteiger partial charge in [0.1, 0.15) is 18.0 Å². The fourth-order valence-corrected chi connectivity index (χ4v) is 4.84. The summed E-state index contributed by atoms with van der Waals surface area (Å²) in [6, 6.07) is 7.88. The molecule has 0 saturated carbocycles. The van der Waals surface area contributed by atoms with Gasteiger partial charge in [-0.1, -0.05) is 25.4 Å². The summed E-state index contributed by atoms with van der Waals surface area (Å²) < 4.78 is 35.1. The summed E-state index contributed by atoms with van der Waals surface area (Å²) in [4.78, 5) is 6.49. The van der Waals surface area contributed by atoms with Crippen LogP contribution in [0.25, 0.3) is 0 Å². The van der Waals surface area contributed by atoms with E-state index in [1.807, 2.05) is 0 Å². The SMILES string of the molecule is CC1(C)CN(Cc2cc(F)c(SNc3ncns3)cc2Cl)c2ccc(F)cc21. The zero-order valence-electron chi connectivity index (χ0n) is 15.2. The third kappa shape index (κ3) is 3.81. The minimum absolute atomic E-state index is 0.191. The van der Waals surface area contributed by atoms with Crippen molar-refractivity contribution in [2.75, 3.05) is 16.2 Å². The summed E-state index contributed by atoms with van der Waals surface area (Å²) in [7, 11) is 0. The second-order valence-electron chi connectivity index (χ2n) is 7.23. The molecule has 1 aliphatic rings. The van der Waals surface area contributed by atoms with Gasteiger partial charge in [-0.15, -0.1) is 0 Å². The van der Waals surface area contributed by atoms with Crippen LogP contribution < -0.4 is 9.62 Å². The maximum absolute atomic E-state index is 14.6. The van der Waals surface area contributed by atoms with Crippen LogP contribution in [0.1, 0.15) is 25.0 Å². The summed E-state index contributed by atoms with van der Waals surface area (Å²) in [6.45, 7) is 5.31. The number of aromatic nitrogens is 2. The van der Waals surface area contributed by atoms with Crippen LogP contribution >= 0.6 is 35.1 Å². The molecular weight excluding hydrogens is 422 g/mol. The van der Waals surface area contributed by atoms with Crippen LogP contribution in [0.4, 0.5) is 19.6 Å². The third-order valence-corrected chi connectivity index (χ3v) is 6.58. The lowest BCUT2D eigenvalue weighted by Gasteiger charge is -2.23. The second kappa shape index (κ2) is 7.50. The van der Waals surface area contributed by atoms with E-state index >= 15 is 0 Å². The maximum Gasteiger partial charge on any atom is 0.212 e. The number of hydrogen-bond donors (Lipinski definition) is 1. The Bertz CT molecular complexity index is 1010. The molecule has 4 rings (SSSR count). The molecule has 4 nitrogen and oxygen atoms in total. The van der Waals surface area contributed by atoms with Gasteiger partial charge < -0.3 is 9.62 Å². The van der Waals surface area contributed by atoms with Gasteiger partial charge in [0, 0.05) is 40.7 Å². The predicted octanol–water partition coefficient (Wildman–Crippen LogP) is 5.89. The first-order chi connectivity index (χ1) is 13.3. The number of hydrogen-bond acceptors (Lipinski definition) is 6. The molecule has 0 spiro atoms. The van der Waals surface area contributed by atoms with Crippen molar-refractivity contribution in [2.24, 2.45) is 0 Å². The maximum atomic E-state index is 14.6. The average molecular weight is 439 g/mol. The molecule has 0 saturated heterocycles. The Morgan fingerprint density at radius 2 is 2.11 bits per heavy atom. The zero-order chi connectivity index (χ0) is 19.9. The number of rotatable bonds is 5. The van der Waals surface area contributed by atoms with Gasteiger partial charge in [-0.2, -0.15) is 4.37 Å². The zero-order valence-corrected chi connectivity index (χ0v) is 17.6. The van der Waals surface area contributed by atoms with Crippen molar-refractivity contribution < 1.29 is 8.78 Å². The predicted molar refractivity (Wildman–Crippen MR) is 111 cm³/mol. The van der Waals surface area contributed by atoms with E-state index in [0.29, 0.717) is 33.7 Å². The summed E-state index contributed by atoms with van der Waals surface area (Å²) in [6.07, 6.45) is 1.43. The van der Waals surface area contributed by atoms with Crippen LogP contribution in [0.15, 0.2) is 41.6 Å². The fraction of sp³-hybridized carbons (Fsp3) is 0.263. The topological polar surface area (TPSA) is 41.0 Å². The van der Waals surface area contributed by atoms with Crippen molar-refractivity contribution in [3.05, 3.63) is 64.4 Å².